The Bertz CT molecular complexity index is 61.5. The fourth-order valence-electron chi connectivity index (χ4n) is 0.794. The maximum Gasteiger partial charge on any atom is 0.0672 e. The van der Waals surface area contributed by atoms with Crippen molar-refractivity contribution in [1.29, 1.82) is 0 Å². The van der Waals surface area contributed by atoms with E-state index in [1.165, 1.54) is 0 Å². The Morgan fingerprint density at radius 3 is 2.44 bits per heavy atom. The molecule has 0 aromatic heterocycles. The van der Waals surface area contributed by atoms with E-state index in [0.29, 0.717) is 12.1 Å². The molecular formula is C6H14ClNO. The first kappa shape index (κ1) is 9.21. The van der Waals surface area contributed by atoms with E-state index in [9.17, 15) is 0 Å². The van der Waals surface area contributed by atoms with Crippen molar-refractivity contribution in [2.45, 2.75) is 26.0 Å². The Labute approximate surface area is 62.4 Å². The quantitative estimate of drug-likeness (QED) is 0.553. The predicted molar refractivity (Wildman–Crippen MR) is 40.1 cm³/mol. The SMILES string of the molecule is CC1COC(C)CN1.Cl. The Morgan fingerprint density at radius 1 is 1.44 bits per heavy atom. The number of halogens is 1. The summed E-state index contributed by atoms with van der Waals surface area (Å²) in [5.74, 6) is 0. The van der Waals surface area contributed by atoms with Gasteiger partial charge in [0.15, 0.2) is 0 Å². The second kappa shape index (κ2) is 4.09. The molecule has 1 heterocycles. The predicted octanol–water partition coefficient (Wildman–Crippen LogP) is 0.805. The molecule has 1 N–H and O–H groups in total. The molecular weight excluding hydrogens is 138 g/mol. The lowest BCUT2D eigenvalue weighted by Gasteiger charge is -2.25. The lowest BCUT2D eigenvalue weighted by molar-refractivity contribution is 0.0196. The monoisotopic (exact) mass is 151 g/mol. The molecule has 3 heteroatoms. The van der Waals surface area contributed by atoms with Crippen LogP contribution in [0.2, 0.25) is 0 Å². The van der Waals surface area contributed by atoms with Crippen LogP contribution in [-0.4, -0.2) is 25.3 Å². The fraction of sp³-hybridized carbons (Fsp3) is 1.00. The van der Waals surface area contributed by atoms with Gasteiger partial charge >= 0.3 is 0 Å². The first-order chi connectivity index (χ1) is 3.79. The van der Waals surface area contributed by atoms with Crippen LogP contribution >= 0.6 is 12.4 Å². The molecule has 0 spiro atoms. The van der Waals surface area contributed by atoms with Crippen molar-refractivity contribution in [2.24, 2.45) is 0 Å². The van der Waals surface area contributed by atoms with Crippen LogP contribution in [0, 0.1) is 0 Å². The molecule has 2 atom stereocenters. The summed E-state index contributed by atoms with van der Waals surface area (Å²) in [6, 6.07) is 0.547. The minimum Gasteiger partial charge on any atom is -0.376 e. The fourth-order valence-corrected chi connectivity index (χ4v) is 0.794. The van der Waals surface area contributed by atoms with Gasteiger partial charge in [0.2, 0.25) is 0 Å². The summed E-state index contributed by atoms with van der Waals surface area (Å²) in [4.78, 5) is 0. The van der Waals surface area contributed by atoms with Crippen LogP contribution in [0.5, 0.6) is 0 Å². The summed E-state index contributed by atoms with van der Waals surface area (Å²) >= 11 is 0. The third-order valence-corrected chi connectivity index (χ3v) is 1.38. The number of morpholine rings is 1. The molecule has 1 aliphatic rings. The van der Waals surface area contributed by atoms with Gasteiger partial charge in [-0.25, -0.2) is 0 Å². The van der Waals surface area contributed by atoms with E-state index in [0.717, 1.165) is 13.2 Å². The Balaban J connectivity index is 0.000000640. The zero-order valence-electron chi connectivity index (χ0n) is 5.89. The zero-order valence-corrected chi connectivity index (χ0v) is 6.70. The molecule has 1 rings (SSSR count). The van der Waals surface area contributed by atoms with Gasteiger partial charge in [0, 0.05) is 12.6 Å². The van der Waals surface area contributed by atoms with Crippen LogP contribution in [0.1, 0.15) is 13.8 Å². The van der Waals surface area contributed by atoms with Crippen molar-refractivity contribution in [1.82, 2.24) is 5.32 Å². The van der Waals surface area contributed by atoms with Gasteiger partial charge < -0.3 is 10.1 Å². The maximum atomic E-state index is 5.33. The molecule has 2 nitrogen and oxygen atoms in total. The van der Waals surface area contributed by atoms with Gasteiger partial charge in [-0.3, -0.25) is 0 Å². The molecule has 0 bridgehead atoms. The molecule has 2 unspecified atom stereocenters. The molecule has 0 amide bonds. The zero-order chi connectivity index (χ0) is 5.98. The van der Waals surface area contributed by atoms with Gasteiger partial charge in [-0.2, -0.15) is 0 Å². The summed E-state index contributed by atoms with van der Waals surface area (Å²) in [7, 11) is 0. The minimum atomic E-state index is 0. The molecule has 0 aromatic carbocycles. The van der Waals surface area contributed by atoms with Crippen LogP contribution in [0.25, 0.3) is 0 Å². The van der Waals surface area contributed by atoms with Gasteiger partial charge in [0.05, 0.1) is 12.7 Å². The molecule has 0 aliphatic carbocycles. The van der Waals surface area contributed by atoms with Gasteiger partial charge in [0.25, 0.3) is 0 Å². The normalized spacial score (nSPS) is 35.3. The van der Waals surface area contributed by atoms with Crippen molar-refractivity contribution in [2.75, 3.05) is 13.2 Å². The van der Waals surface area contributed by atoms with E-state index in [1.54, 1.807) is 0 Å². The topological polar surface area (TPSA) is 21.3 Å². The number of hydrogen-bond donors (Lipinski definition) is 1. The minimum absolute atomic E-state index is 0. The van der Waals surface area contributed by atoms with Crippen LogP contribution < -0.4 is 5.32 Å². The number of ether oxygens (including phenoxy) is 1. The van der Waals surface area contributed by atoms with Gasteiger partial charge in [-0.15, -0.1) is 12.4 Å². The summed E-state index contributed by atoms with van der Waals surface area (Å²) in [6.07, 6.45) is 0.409. The smallest absolute Gasteiger partial charge is 0.0672 e. The lowest BCUT2D eigenvalue weighted by atomic mass is 10.3. The Kier molecular flexibility index (Phi) is 4.19. The highest BCUT2D eigenvalue weighted by atomic mass is 35.5. The summed E-state index contributed by atoms with van der Waals surface area (Å²) < 4.78 is 5.33. The molecule has 56 valence electrons. The Hall–Kier alpha value is 0.210. The highest BCUT2D eigenvalue weighted by Gasteiger charge is 2.12. The molecule has 9 heavy (non-hydrogen) atoms. The average molecular weight is 152 g/mol. The van der Waals surface area contributed by atoms with E-state index >= 15 is 0 Å². The largest absolute Gasteiger partial charge is 0.376 e. The number of rotatable bonds is 0. The molecule has 0 radical (unpaired) electrons. The first-order valence-corrected chi connectivity index (χ1v) is 3.14. The van der Waals surface area contributed by atoms with Crippen molar-refractivity contribution >= 4 is 12.4 Å². The van der Waals surface area contributed by atoms with E-state index in [4.69, 9.17) is 4.74 Å². The van der Waals surface area contributed by atoms with Crippen LogP contribution in [0.15, 0.2) is 0 Å². The van der Waals surface area contributed by atoms with E-state index < -0.39 is 0 Å². The standard InChI is InChI=1S/C6H13NO.ClH/c1-5-4-8-6(2)3-7-5;/h5-7H,3-4H2,1-2H3;1H. The van der Waals surface area contributed by atoms with Gasteiger partial charge in [0.1, 0.15) is 0 Å². The van der Waals surface area contributed by atoms with E-state index in [2.05, 4.69) is 19.2 Å². The van der Waals surface area contributed by atoms with Gasteiger partial charge in [-0.1, -0.05) is 0 Å². The molecule has 1 fully saturated rings. The summed E-state index contributed by atoms with van der Waals surface area (Å²) in [6.45, 7) is 6.08. The van der Waals surface area contributed by atoms with E-state index in [1.807, 2.05) is 0 Å². The van der Waals surface area contributed by atoms with Crippen molar-refractivity contribution < 1.29 is 4.74 Å². The third kappa shape index (κ3) is 3.04. The lowest BCUT2D eigenvalue weighted by Crippen LogP contribution is -2.43. The third-order valence-electron chi connectivity index (χ3n) is 1.38. The van der Waals surface area contributed by atoms with Crippen LogP contribution in [-0.2, 0) is 4.74 Å². The van der Waals surface area contributed by atoms with Crippen molar-refractivity contribution in [3.63, 3.8) is 0 Å². The maximum absolute atomic E-state index is 5.33. The highest BCUT2D eigenvalue weighted by Crippen LogP contribution is 1.97. The average Bonchev–Trinajstić information content (AvgIpc) is 1.77. The molecule has 0 saturated carbocycles. The molecule has 1 saturated heterocycles. The van der Waals surface area contributed by atoms with Crippen molar-refractivity contribution in [3.8, 4) is 0 Å². The van der Waals surface area contributed by atoms with E-state index in [-0.39, 0.29) is 12.4 Å². The summed E-state index contributed by atoms with van der Waals surface area (Å²) in [5, 5.41) is 3.31. The first-order valence-electron chi connectivity index (χ1n) is 3.14. The number of hydrogen-bond acceptors (Lipinski definition) is 2. The Morgan fingerprint density at radius 2 is 2.11 bits per heavy atom. The molecule has 0 aromatic rings. The van der Waals surface area contributed by atoms with Gasteiger partial charge in [-0.05, 0) is 13.8 Å². The highest BCUT2D eigenvalue weighted by molar-refractivity contribution is 5.85. The number of nitrogens with one attached hydrogen (secondary N) is 1. The second-order valence-electron chi connectivity index (χ2n) is 2.45. The van der Waals surface area contributed by atoms with Crippen molar-refractivity contribution in [3.05, 3.63) is 0 Å². The summed E-state index contributed by atoms with van der Waals surface area (Å²) in [5.41, 5.74) is 0. The van der Waals surface area contributed by atoms with Crippen LogP contribution in [0.3, 0.4) is 0 Å². The molecule has 1 aliphatic heterocycles. The second-order valence-corrected chi connectivity index (χ2v) is 2.45. The van der Waals surface area contributed by atoms with Crippen LogP contribution in [0.4, 0.5) is 0 Å².